The van der Waals surface area contributed by atoms with Gasteiger partial charge in [-0.15, -0.1) is 0 Å². The number of ether oxygens (including phenoxy) is 4. The van der Waals surface area contributed by atoms with E-state index in [0.717, 1.165) is 4.90 Å². The fourth-order valence-corrected chi connectivity index (χ4v) is 3.59. The highest BCUT2D eigenvalue weighted by Gasteiger charge is 2.34. The molecule has 1 aliphatic heterocycles. The molecular weight excluding hydrogens is 516 g/mol. The Labute approximate surface area is 202 Å². The second-order valence-electron chi connectivity index (χ2n) is 6.95. The molecule has 3 amide bonds. The van der Waals surface area contributed by atoms with Gasteiger partial charge in [0.1, 0.15) is 11.5 Å². The summed E-state index contributed by atoms with van der Waals surface area (Å²) in [6.07, 6.45) is 0.577. The van der Waals surface area contributed by atoms with Gasteiger partial charge in [-0.2, -0.15) is 0 Å². The van der Waals surface area contributed by atoms with Gasteiger partial charge in [-0.25, -0.2) is 14.4 Å². The standard InChI is InChI=1S/C22H21BrN2O9/c1-11(20(27)31-3)33-18-14(23)7-12(9-17(18)30-2)8-15-19(26)25(22(29)24-15)10-13-5-6-16(34-13)21(28)32-4/h5-9,11H,10H2,1-4H3,(H,24,29)/b15-8-/t11-/m0/s1. The number of benzene rings is 1. The fraction of sp³-hybridized carbons (Fsp3) is 0.273. The zero-order valence-electron chi connectivity index (χ0n) is 18.7. The summed E-state index contributed by atoms with van der Waals surface area (Å²) in [7, 11) is 3.89. The molecule has 0 aliphatic carbocycles. The lowest BCUT2D eigenvalue weighted by Gasteiger charge is -2.17. The molecule has 0 bridgehead atoms. The van der Waals surface area contributed by atoms with Crippen molar-refractivity contribution in [2.75, 3.05) is 21.3 Å². The van der Waals surface area contributed by atoms with Crippen LogP contribution in [0, 0.1) is 0 Å². The van der Waals surface area contributed by atoms with Crippen LogP contribution in [-0.4, -0.2) is 56.2 Å². The van der Waals surface area contributed by atoms with Crippen LogP contribution < -0.4 is 14.8 Å². The summed E-state index contributed by atoms with van der Waals surface area (Å²) in [6, 6.07) is 5.43. The smallest absolute Gasteiger partial charge is 0.373 e. The van der Waals surface area contributed by atoms with Crippen molar-refractivity contribution in [1.29, 1.82) is 0 Å². The third kappa shape index (κ3) is 5.22. The van der Waals surface area contributed by atoms with Gasteiger partial charge in [0.15, 0.2) is 17.6 Å². The molecule has 0 spiro atoms. The van der Waals surface area contributed by atoms with E-state index in [4.69, 9.17) is 13.9 Å². The quantitative estimate of drug-likeness (QED) is 0.307. The number of nitrogens with zero attached hydrogens (tertiary/aromatic N) is 1. The minimum atomic E-state index is -0.884. The number of carbonyl (C=O) groups is 4. The lowest BCUT2D eigenvalue weighted by atomic mass is 10.1. The summed E-state index contributed by atoms with van der Waals surface area (Å²) < 4.78 is 26.0. The molecule has 2 heterocycles. The summed E-state index contributed by atoms with van der Waals surface area (Å²) in [5.41, 5.74) is 0.536. The predicted octanol–water partition coefficient (Wildman–Crippen LogP) is 2.87. The Balaban J connectivity index is 1.81. The number of halogens is 1. The van der Waals surface area contributed by atoms with Gasteiger partial charge in [0, 0.05) is 0 Å². The molecule has 3 rings (SSSR count). The maximum absolute atomic E-state index is 12.8. The maximum Gasteiger partial charge on any atom is 0.373 e. The van der Waals surface area contributed by atoms with Crippen molar-refractivity contribution >= 4 is 45.9 Å². The van der Waals surface area contributed by atoms with E-state index in [1.54, 1.807) is 12.1 Å². The van der Waals surface area contributed by atoms with E-state index in [0.29, 0.717) is 10.0 Å². The SMILES string of the molecule is COC(=O)c1ccc(CN2C(=O)N/C(=C\c3cc(Br)c(O[C@@H](C)C(=O)OC)c(OC)c3)C2=O)o1. The number of esters is 2. The van der Waals surface area contributed by atoms with Crippen LogP contribution in [0.15, 0.2) is 38.9 Å². The number of furan rings is 1. The van der Waals surface area contributed by atoms with Gasteiger partial charge in [0.05, 0.1) is 32.3 Å². The second kappa shape index (κ2) is 10.4. The largest absolute Gasteiger partial charge is 0.493 e. The Morgan fingerprint density at radius 2 is 1.91 bits per heavy atom. The Hall–Kier alpha value is -3.80. The molecule has 180 valence electrons. The average Bonchev–Trinajstić information content (AvgIpc) is 3.39. The number of methoxy groups -OCH3 is 3. The molecule has 1 aromatic carbocycles. The molecule has 1 saturated heterocycles. The average molecular weight is 537 g/mol. The molecule has 11 nitrogen and oxygen atoms in total. The third-order valence-electron chi connectivity index (χ3n) is 4.72. The van der Waals surface area contributed by atoms with Crippen molar-refractivity contribution in [3.05, 3.63) is 51.5 Å². The minimum absolute atomic E-state index is 0.0234. The number of rotatable bonds is 8. The number of hydrogen-bond donors (Lipinski definition) is 1. The van der Waals surface area contributed by atoms with E-state index >= 15 is 0 Å². The third-order valence-corrected chi connectivity index (χ3v) is 5.30. The summed E-state index contributed by atoms with van der Waals surface area (Å²) in [4.78, 5) is 49.3. The Morgan fingerprint density at radius 3 is 2.56 bits per heavy atom. The van der Waals surface area contributed by atoms with E-state index in [-0.39, 0.29) is 35.3 Å². The van der Waals surface area contributed by atoms with Gasteiger partial charge in [0.2, 0.25) is 5.76 Å². The number of carbonyl (C=O) groups excluding carboxylic acids is 4. The number of amides is 3. The zero-order chi connectivity index (χ0) is 25.0. The minimum Gasteiger partial charge on any atom is -0.493 e. The summed E-state index contributed by atoms with van der Waals surface area (Å²) in [6.45, 7) is 1.35. The first-order chi connectivity index (χ1) is 16.2. The molecule has 1 fully saturated rings. The Kier molecular flexibility index (Phi) is 7.61. The normalized spacial score (nSPS) is 15.2. The lowest BCUT2D eigenvalue weighted by Crippen LogP contribution is -2.30. The van der Waals surface area contributed by atoms with E-state index in [9.17, 15) is 19.2 Å². The van der Waals surface area contributed by atoms with Gasteiger partial charge >= 0.3 is 18.0 Å². The lowest BCUT2D eigenvalue weighted by molar-refractivity contribution is -0.148. The van der Waals surface area contributed by atoms with Crippen molar-refractivity contribution in [1.82, 2.24) is 10.2 Å². The van der Waals surface area contributed by atoms with Gasteiger partial charge in [-0.1, -0.05) is 0 Å². The van der Waals surface area contributed by atoms with Crippen LogP contribution in [0.3, 0.4) is 0 Å². The fourth-order valence-electron chi connectivity index (χ4n) is 3.04. The van der Waals surface area contributed by atoms with Crippen LogP contribution in [0.25, 0.3) is 6.08 Å². The molecule has 2 aromatic rings. The second-order valence-corrected chi connectivity index (χ2v) is 7.81. The monoisotopic (exact) mass is 536 g/mol. The Bertz CT molecular complexity index is 1170. The highest BCUT2D eigenvalue weighted by Crippen LogP contribution is 2.38. The first-order valence-corrected chi connectivity index (χ1v) is 10.6. The van der Waals surface area contributed by atoms with E-state index in [1.165, 1.54) is 46.5 Å². The van der Waals surface area contributed by atoms with Gasteiger partial charge in [0.25, 0.3) is 5.91 Å². The molecule has 1 N–H and O–H groups in total. The van der Waals surface area contributed by atoms with Crippen molar-refractivity contribution < 1.29 is 42.5 Å². The van der Waals surface area contributed by atoms with E-state index < -0.39 is 30.0 Å². The molecule has 1 aliphatic rings. The predicted molar refractivity (Wildman–Crippen MR) is 120 cm³/mol. The van der Waals surface area contributed by atoms with E-state index in [2.05, 4.69) is 30.7 Å². The number of urea groups is 1. The first-order valence-electron chi connectivity index (χ1n) is 9.82. The molecule has 0 unspecified atom stereocenters. The number of imide groups is 1. The molecule has 1 aromatic heterocycles. The van der Waals surface area contributed by atoms with E-state index in [1.807, 2.05) is 0 Å². The molecule has 1 atom stereocenters. The van der Waals surface area contributed by atoms with Crippen LogP contribution in [0.4, 0.5) is 4.79 Å². The van der Waals surface area contributed by atoms with Gasteiger partial charge < -0.3 is 28.7 Å². The zero-order valence-corrected chi connectivity index (χ0v) is 20.3. The molecule has 0 radical (unpaired) electrons. The maximum atomic E-state index is 12.8. The highest BCUT2D eigenvalue weighted by molar-refractivity contribution is 9.10. The summed E-state index contributed by atoms with van der Waals surface area (Å²) >= 11 is 3.37. The van der Waals surface area contributed by atoms with Gasteiger partial charge in [-0.05, 0) is 58.8 Å². The number of hydrogen-bond acceptors (Lipinski definition) is 9. The van der Waals surface area contributed by atoms with Crippen molar-refractivity contribution in [3.8, 4) is 11.5 Å². The Morgan fingerprint density at radius 1 is 1.18 bits per heavy atom. The van der Waals surface area contributed by atoms with Crippen molar-refractivity contribution in [2.24, 2.45) is 0 Å². The molecule has 34 heavy (non-hydrogen) atoms. The van der Waals surface area contributed by atoms with Crippen LogP contribution in [0.5, 0.6) is 11.5 Å². The van der Waals surface area contributed by atoms with Crippen LogP contribution in [-0.2, 0) is 25.6 Å². The first kappa shape index (κ1) is 24.8. The van der Waals surface area contributed by atoms with Crippen molar-refractivity contribution in [2.45, 2.75) is 19.6 Å². The number of nitrogens with one attached hydrogen (secondary N) is 1. The highest BCUT2D eigenvalue weighted by atomic mass is 79.9. The summed E-state index contributed by atoms with van der Waals surface area (Å²) in [5.74, 6) is -1.07. The molecular formula is C22H21BrN2O9. The topological polar surface area (TPSA) is 134 Å². The molecule has 12 heteroatoms. The van der Waals surface area contributed by atoms with Crippen LogP contribution in [0.1, 0.15) is 28.8 Å². The molecule has 0 saturated carbocycles. The van der Waals surface area contributed by atoms with Crippen LogP contribution in [0.2, 0.25) is 0 Å². The van der Waals surface area contributed by atoms with Gasteiger partial charge in [-0.3, -0.25) is 9.69 Å². The summed E-state index contributed by atoms with van der Waals surface area (Å²) in [5, 5.41) is 2.51. The van der Waals surface area contributed by atoms with Crippen molar-refractivity contribution in [3.63, 3.8) is 0 Å². The van der Waals surface area contributed by atoms with Crippen LogP contribution >= 0.6 is 15.9 Å².